The van der Waals surface area contributed by atoms with Crippen molar-refractivity contribution in [2.75, 3.05) is 43.6 Å². The fourth-order valence-electron chi connectivity index (χ4n) is 3.48. The number of nitrogens with zero attached hydrogens (tertiary/aromatic N) is 4. The third-order valence-electron chi connectivity index (χ3n) is 4.94. The van der Waals surface area contributed by atoms with Crippen molar-refractivity contribution in [1.29, 1.82) is 0 Å². The van der Waals surface area contributed by atoms with Crippen LogP contribution in [0.4, 0.5) is 10.3 Å². The van der Waals surface area contributed by atoms with E-state index in [1.54, 1.807) is 6.07 Å². The molecule has 7 nitrogen and oxygen atoms in total. The zero-order chi connectivity index (χ0) is 20.3. The minimum atomic E-state index is -0.300. The van der Waals surface area contributed by atoms with Gasteiger partial charge in [-0.05, 0) is 30.3 Å². The van der Waals surface area contributed by atoms with Crippen LogP contribution < -0.4 is 14.4 Å². The van der Waals surface area contributed by atoms with Gasteiger partial charge in [0, 0.05) is 18.8 Å². The van der Waals surface area contributed by atoms with Crippen molar-refractivity contribution in [3.05, 3.63) is 54.3 Å². The van der Waals surface area contributed by atoms with E-state index in [4.69, 9.17) is 14.2 Å². The highest BCUT2D eigenvalue weighted by Crippen LogP contribution is 2.33. The minimum Gasteiger partial charge on any atom is -0.486 e. The van der Waals surface area contributed by atoms with Gasteiger partial charge in [0.25, 0.3) is 0 Å². The first-order valence-corrected chi connectivity index (χ1v) is 10.8. The van der Waals surface area contributed by atoms with E-state index < -0.39 is 0 Å². The average Bonchev–Trinajstić information content (AvgIpc) is 3.22. The highest BCUT2D eigenvalue weighted by Gasteiger charge is 2.25. The SMILES string of the molecule is Fc1cccc(-n2c(SC[C@H]3COc4ccccc4O3)nnc2N2CCOCC2)c1. The second-order valence-corrected chi connectivity index (χ2v) is 7.99. The molecule has 0 bridgehead atoms. The van der Waals surface area contributed by atoms with E-state index in [2.05, 4.69) is 15.1 Å². The summed E-state index contributed by atoms with van der Waals surface area (Å²) >= 11 is 1.52. The van der Waals surface area contributed by atoms with Gasteiger partial charge in [0.1, 0.15) is 18.5 Å². The molecule has 2 aliphatic rings. The van der Waals surface area contributed by atoms with Crippen LogP contribution in [0.1, 0.15) is 0 Å². The predicted octanol–water partition coefficient (Wildman–Crippen LogP) is 3.18. The van der Waals surface area contributed by atoms with E-state index in [0.717, 1.165) is 11.5 Å². The van der Waals surface area contributed by atoms with Crippen LogP contribution in [0.25, 0.3) is 5.69 Å². The first-order chi connectivity index (χ1) is 14.8. The first kappa shape index (κ1) is 19.2. The van der Waals surface area contributed by atoms with Crippen LogP contribution in [0.2, 0.25) is 0 Å². The molecule has 30 heavy (non-hydrogen) atoms. The number of halogens is 1. The fourth-order valence-corrected chi connectivity index (χ4v) is 4.39. The summed E-state index contributed by atoms with van der Waals surface area (Å²) in [5, 5.41) is 9.50. The minimum absolute atomic E-state index is 0.116. The highest BCUT2D eigenvalue weighted by atomic mass is 32.2. The van der Waals surface area contributed by atoms with Crippen molar-refractivity contribution in [2.24, 2.45) is 0 Å². The van der Waals surface area contributed by atoms with E-state index in [-0.39, 0.29) is 11.9 Å². The van der Waals surface area contributed by atoms with Crippen molar-refractivity contribution in [2.45, 2.75) is 11.3 Å². The second-order valence-electron chi connectivity index (χ2n) is 7.01. The molecule has 0 amide bonds. The molecule has 0 N–H and O–H groups in total. The maximum atomic E-state index is 14.0. The molecule has 9 heteroatoms. The number of morpholine rings is 1. The largest absolute Gasteiger partial charge is 0.486 e. The number of para-hydroxylation sites is 2. The number of benzene rings is 2. The van der Waals surface area contributed by atoms with Gasteiger partial charge in [0.05, 0.1) is 18.9 Å². The Bertz CT molecular complexity index is 1020. The number of rotatable bonds is 5. The Morgan fingerprint density at radius 2 is 1.87 bits per heavy atom. The topological polar surface area (TPSA) is 61.6 Å². The van der Waals surface area contributed by atoms with Crippen molar-refractivity contribution in [3.63, 3.8) is 0 Å². The van der Waals surface area contributed by atoms with Gasteiger partial charge < -0.3 is 19.1 Å². The molecule has 1 saturated heterocycles. The first-order valence-electron chi connectivity index (χ1n) is 9.83. The Morgan fingerprint density at radius 1 is 1.03 bits per heavy atom. The second kappa shape index (κ2) is 8.53. The maximum absolute atomic E-state index is 14.0. The van der Waals surface area contributed by atoms with Crippen LogP contribution in [0.15, 0.2) is 53.7 Å². The molecule has 2 aliphatic heterocycles. The molecule has 0 unspecified atom stereocenters. The molecule has 1 fully saturated rings. The predicted molar refractivity (Wildman–Crippen MR) is 111 cm³/mol. The summed E-state index contributed by atoms with van der Waals surface area (Å²) in [6.07, 6.45) is -0.116. The van der Waals surface area contributed by atoms with Gasteiger partial charge in [-0.3, -0.25) is 4.57 Å². The summed E-state index contributed by atoms with van der Waals surface area (Å²) in [6.45, 7) is 3.16. The Morgan fingerprint density at radius 3 is 2.70 bits per heavy atom. The monoisotopic (exact) mass is 428 g/mol. The van der Waals surface area contributed by atoms with E-state index in [9.17, 15) is 4.39 Å². The molecule has 3 aromatic rings. The summed E-state index contributed by atoms with van der Waals surface area (Å²) < 4.78 is 33.2. The normalized spacial score (nSPS) is 18.4. The number of aromatic nitrogens is 3. The standard InChI is InChI=1S/C21H21FN4O3S/c22-15-4-3-5-16(12-15)26-20(25-8-10-27-11-9-25)23-24-21(26)30-14-17-13-28-18-6-1-2-7-19(18)29-17/h1-7,12,17H,8-11,13-14H2/t17-/m1/s1. The molecule has 0 aliphatic carbocycles. The summed E-state index contributed by atoms with van der Waals surface area (Å²) in [5.41, 5.74) is 0.690. The molecule has 2 aromatic carbocycles. The number of fused-ring (bicyclic) bond motifs is 1. The number of ether oxygens (including phenoxy) is 3. The molecule has 156 valence electrons. The molecule has 5 rings (SSSR count). The van der Waals surface area contributed by atoms with E-state index in [1.807, 2.05) is 34.9 Å². The van der Waals surface area contributed by atoms with Gasteiger partial charge in [0.2, 0.25) is 5.95 Å². The Balaban J connectivity index is 1.39. The number of hydrogen-bond donors (Lipinski definition) is 0. The number of anilines is 1. The summed E-state index contributed by atoms with van der Waals surface area (Å²) in [6, 6.07) is 14.1. The molecule has 1 aromatic heterocycles. The zero-order valence-electron chi connectivity index (χ0n) is 16.2. The van der Waals surface area contributed by atoms with Crippen molar-refractivity contribution >= 4 is 17.7 Å². The molecule has 3 heterocycles. The maximum Gasteiger partial charge on any atom is 0.232 e. The molecule has 0 spiro atoms. The number of hydrogen-bond acceptors (Lipinski definition) is 7. The van der Waals surface area contributed by atoms with E-state index in [0.29, 0.717) is 55.5 Å². The van der Waals surface area contributed by atoms with Crippen molar-refractivity contribution in [3.8, 4) is 17.2 Å². The number of thioether (sulfide) groups is 1. The van der Waals surface area contributed by atoms with Crippen molar-refractivity contribution in [1.82, 2.24) is 14.8 Å². The van der Waals surface area contributed by atoms with Crippen LogP contribution in [0.3, 0.4) is 0 Å². The Labute approximate surface area is 177 Å². The van der Waals surface area contributed by atoms with Gasteiger partial charge in [-0.1, -0.05) is 30.0 Å². The lowest BCUT2D eigenvalue weighted by atomic mass is 10.3. The molecular formula is C21H21FN4O3S. The van der Waals surface area contributed by atoms with Crippen molar-refractivity contribution < 1.29 is 18.6 Å². The van der Waals surface area contributed by atoms with Gasteiger partial charge in [0.15, 0.2) is 16.7 Å². The smallest absolute Gasteiger partial charge is 0.232 e. The molecule has 0 radical (unpaired) electrons. The molecule has 1 atom stereocenters. The lowest BCUT2D eigenvalue weighted by molar-refractivity contribution is 0.107. The van der Waals surface area contributed by atoms with Crippen LogP contribution in [-0.4, -0.2) is 59.5 Å². The lowest BCUT2D eigenvalue weighted by Crippen LogP contribution is -2.38. The quantitative estimate of drug-likeness (QED) is 0.579. The Hall–Kier alpha value is -2.78. The van der Waals surface area contributed by atoms with Crippen LogP contribution >= 0.6 is 11.8 Å². The zero-order valence-corrected chi connectivity index (χ0v) is 17.1. The molecular weight excluding hydrogens is 407 g/mol. The van der Waals surface area contributed by atoms with Crippen LogP contribution in [0.5, 0.6) is 11.5 Å². The van der Waals surface area contributed by atoms with Crippen LogP contribution in [0, 0.1) is 5.82 Å². The summed E-state index contributed by atoms with van der Waals surface area (Å²) in [7, 11) is 0. The van der Waals surface area contributed by atoms with Gasteiger partial charge in [-0.15, -0.1) is 10.2 Å². The summed E-state index contributed by atoms with van der Waals surface area (Å²) in [5.74, 6) is 2.53. The summed E-state index contributed by atoms with van der Waals surface area (Å²) in [4.78, 5) is 2.11. The van der Waals surface area contributed by atoms with E-state index >= 15 is 0 Å². The average molecular weight is 428 g/mol. The van der Waals surface area contributed by atoms with Gasteiger partial charge in [-0.2, -0.15) is 0 Å². The van der Waals surface area contributed by atoms with Gasteiger partial charge in [-0.25, -0.2) is 4.39 Å². The highest BCUT2D eigenvalue weighted by molar-refractivity contribution is 7.99. The van der Waals surface area contributed by atoms with Crippen LogP contribution in [-0.2, 0) is 4.74 Å². The fraction of sp³-hybridized carbons (Fsp3) is 0.333. The third kappa shape index (κ3) is 3.95. The van der Waals surface area contributed by atoms with Gasteiger partial charge >= 0.3 is 0 Å². The lowest BCUT2D eigenvalue weighted by Gasteiger charge is -2.28. The molecule has 0 saturated carbocycles. The Kier molecular flexibility index (Phi) is 5.46. The van der Waals surface area contributed by atoms with E-state index in [1.165, 1.54) is 23.9 Å². The third-order valence-corrected chi connectivity index (χ3v) is 6.00.